The molecule has 7 heteroatoms. The molecule has 2 rings (SSSR count). The number of piperazine rings is 1. The third kappa shape index (κ3) is 5.70. The number of hydrogen-bond donors (Lipinski definition) is 1. The van der Waals surface area contributed by atoms with Crippen molar-refractivity contribution in [3.05, 3.63) is 11.6 Å². The van der Waals surface area contributed by atoms with Gasteiger partial charge in [0.2, 0.25) is 15.9 Å². The summed E-state index contributed by atoms with van der Waals surface area (Å²) in [6.07, 6.45) is 8.58. The number of nitrogens with one attached hydrogen (secondary N) is 1. The normalized spacial score (nSPS) is 21.4. The number of rotatable bonds is 6. The van der Waals surface area contributed by atoms with E-state index in [1.165, 1.54) is 29.0 Å². The zero-order valence-electron chi connectivity index (χ0n) is 13.4. The fraction of sp³-hybridized carbons (Fsp3) is 0.800. The molecule has 1 N–H and O–H groups in total. The van der Waals surface area contributed by atoms with Crippen LogP contribution in [0.3, 0.4) is 0 Å². The van der Waals surface area contributed by atoms with Crippen molar-refractivity contribution in [1.29, 1.82) is 0 Å². The van der Waals surface area contributed by atoms with Crippen molar-refractivity contribution in [2.45, 2.75) is 32.1 Å². The second-order valence-corrected chi connectivity index (χ2v) is 8.12. The summed E-state index contributed by atoms with van der Waals surface area (Å²) in [5.74, 6) is 0.0999. The van der Waals surface area contributed by atoms with E-state index in [4.69, 9.17) is 0 Å². The molecule has 6 nitrogen and oxygen atoms in total. The van der Waals surface area contributed by atoms with Crippen LogP contribution in [0.1, 0.15) is 32.1 Å². The predicted molar refractivity (Wildman–Crippen MR) is 87.0 cm³/mol. The highest BCUT2D eigenvalue weighted by molar-refractivity contribution is 7.88. The Morgan fingerprint density at radius 1 is 1.23 bits per heavy atom. The highest BCUT2D eigenvalue weighted by Gasteiger charge is 2.22. The van der Waals surface area contributed by atoms with Crippen molar-refractivity contribution >= 4 is 15.9 Å². The molecule has 1 aliphatic heterocycles. The van der Waals surface area contributed by atoms with E-state index in [-0.39, 0.29) is 5.91 Å². The molecule has 1 fully saturated rings. The largest absolute Gasteiger partial charge is 0.355 e. The van der Waals surface area contributed by atoms with Gasteiger partial charge in [0, 0.05) is 45.7 Å². The van der Waals surface area contributed by atoms with E-state index in [1.807, 2.05) is 0 Å². The molecule has 0 bridgehead atoms. The van der Waals surface area contributed by atoms with Crippen LogP contribution < -0.4 is 5.32 Å². The van der Waals surface area contributed by atoms with Crippen LogP contribution >= 0.6 is 0 Å². The zero-order chi connectivity index (χ0) is 16.0. The van der Waals surface area contributed by atoms with Gasteiger partial charge in [-0.05, 0) is 25.7 Å². The summed E-state index contributed by atoms with van der Waals surface area (Å²) in [6, 6.07) is 0. The van der Waals surface area contributed by atoms with Gasteiger partial charge >= 0.3 is 0 Å². The maximum Gasteiger partial charge on any atom is 0.224 e. The van der Waals surface area contributed by atoms with E-state index in [0.717, 1.165) is 32.5 Å². The SMILES string of the molecule is CS(=O)(=O)N1CCN(CCNC(=O)CC2=CCCCC2)CC1. The summed E-state index contributed by atoms with van der Waals surface area (Å²) in [4.78, 5) is 14.1. The smallest absolute Gasteiger partial charge is 0.224 e. The van der Waals surface area contributed by atoms with Gasteiger partial charge in [0.25, 0.3) is 0 Å². The number of nitrogens with zero attached hydrogens (tertiary/aromatic N) is 2. The quantitative estimate of drug-likeness (QED) is 0.723. The number of hydrogen-bond acceptors (Lipinski definition) is 4. The Labute approximate surface area is 133 Å². The lowest BCUT2D eigenvalue weighted by Crippen LogP contribution is -2.49. The van der Waals surface area contributed by atoms with Crippen LogP contribution in [-0.2, 0) is 14.8 Å². The summed E-state index contributed by atoms with van der Waals surface area (Å²) < 4.78 is 24.4. The zero-order valence-corrected chi connectivity index (χ0v) is 14.2. The fourth-order valence-electron chi connectivity index (χ4n) is 2.97. The Morgan fingerprint density at radius 2 is 1.95 bits per heavy atom. The fourth-order valence-corrected chi connectivity index (χ4v) is 3.80. The molecule has 1 saturated heterocycles. The van der Waals surface area contributed by atoms with Gasteiger partial charge in [0.15, 0.2) is 0 Å². The molecule has 0 saturated carbocycles. The van der Waals surface area contributed by atoms with E-state index in [2.05, 4.69) is 16.3 Å². The molecule has 1 heterocycles. The molecule has 0 aromatic carbocycles. The molecular formula is C15H27N3O3S. The Kier molecular flexibility index (Phi) is 6.40. The molecule has 0 atom stereocenters. The van der Waals surface area contributed by atoms with Gasteiger partial charge in [-0.25, -0.2) is 8.42 Å². The van der Waals surface area contributed by atoms with Crippen LogP contribution in [0.15, 0.2) is 11.6 Å². The minimum Gasteiger partial charge on any atom is -0.355 e. The number of carbonyl (C=O) groups excluding carboxylic acids is 1. The molecule has 0 aromatic heterocycles. The first-order valence-corrected chi connectivity index (χ1v) is 9.92. The van der Waals surface area contributed by atoms with Crippen molar-refractivity contribution in [3.8, 4) is 0 Å². The van der Waals surface area contributed by atoms with Gasteiger partial charge in [0.1, 0.15) is 0 Å². The lowest BCUT2D eigenvalue weighted by Gasteiger charge is -2.33. The van der Waals surface area contributed by atoms with Crippen LogP contribution in [0.2, 0.25) is 0 Å². The monoisotopic (exact) mass is 329 g/mol. The molecule has 1 aliphatic carbocycles. The average Bonchev–Trinajstić information content (AvgIpc) is 2.48. The minimum absolute atomic E-state index is 0.0999. The van der Waals surface area contributed by atoms with E-state index < -0.39 is 10.0 Å². The lowest BCUT2D eigenvalue weighted by molar-refractivity contribution is -0.120. The van der Waals surface area contributed by atoms with Gasteiger partial charge in [0.05, 0.1) is 6.26 Å². The van der Waals surface area contributed by atoms with Gasteiger partial charge < -0.3 is 5.32 Å². The third-order valence-electron chi connectivity index (χ3n) is 4.32. The number of carbonyl (C=O) groups is 1. The molecule has 0 radical (unpaired) electrons. The van der Waals surface area contributed by atoms with E-state index >= 15 is 0 Å². The maximum absolute atomic E-state index is 11.9. The minimum atomic E-state index is -3.07. The van der Waals surface area contributed by atoms with Gasteiger partial charge in [-0.2, -0.15) is 4.31 Å². The summed E-state index contributed by atoms with van der Waals surface area (Å²) in [5.41, 5.74) is 1.27. The second kappa shape index (κ2) is 8.08. The van der Waals surface area contributed by atoms with Crippen LogP contribution in [0.25, 0.3) is 0 Å². The van der Waals surface area contributed by atoms with Crippen LogP contribution in [-0.4, -0.2) is 69.1 Å². The summed E-state index contributed by atoms with van der Waals surface area (Å²) in [6.45, 7) is 3.95. The first kappa shape index (κ1) is 17.4. The lowest BCUT2D eigenvalue weighted by atomic mass is 9.97. The van der Waals surface area contributed by atoms with Gasteiger partial charge in [-0.3, -0.25) is 9.69 Å². The van der Waals surface area contributed by atoms with Crippen molar-refractivity contribution in [2.75, 3.05) is 45.5 Å². The molecule has 0 unspecified atom stereocenters. The molecule has 1 amide bonds. The highest BCUT2D eigenvalue weighted by atomic mass is 32.2. The average molecular weight is 329 g/mol. The third-order valence-corrected chi connectivity index (χ3v) is 5.63. The van der Waals surface area contributed by atoms with Crippen LogP contribution in [0.5, 0.6) is 0 Å². The summed E-state index contributed by atoms with van der Waals surface area (Å²) in [5, 5.41) is 2.97. The van der Waals surface area contributed by atoms with E-state index in [1.54, 1.807) is 0 Å². The highest BCUT2D eigenvalue weighted by Crippen LogP contribution is 2.19. The molecule has 126 valence electrons. The molecule has 0 aromatic rings. The molecule has 22 heavy (non-hydrogen) atoms. The topological polar surface area (TPSA) is 69.7 Å². The number of amides is 1. The van der Waals surface area contributed by atoms with Crippen molar-refractivity contribution in [3.63, 3.8) is 0 Å². The van der Waals surface area contributed by atoms with Crippen LogP contribution in [0.4, 0.5) is 0 Å². The van der Waals surface area contributed by atoms with Crippen molar-refractivity contribution < 1.29 is 13.2 Å². The Bertz CT molecular complexity index is 508. The van der Waals surface area contributed by atoms with Crippen molar-refractivity contribution in [1.82, 2.24) is 14.5 Å². The summed E-state index contributed by atoms with van der Waals surface area (Å²) >= 11 is 0. The number of allylic oxidation sites excluding steroid dienone is 1. The summed E-state index contributed by atoms with van der Waals surface area (Å²) in [7, 11) is -3.07. The van der Waals surface area contributed by atoms with E-state index in [0.29, 0.717) is 26.1 Å². The molecule has 0 spiro atoms. The van der Waals surface area contributed by atoms with E-state index in [9.17, 15) is 13.2 Å². The number of sulfonamides is 1. The standard InChI is InChI=1S/C15H27N3O3S/c1-22(20,21)18-11-9-17(10-12-18)8-7-16-15(19)13-14-5-3-2-4-6-14/h5H,2-4,6-13H2,1H3,(H,16,19). The van der Waals surface area contributed by atoms with Crippen molar-refractivity contribution in [2.24, 2.45) is 0 Å². The second-order valence-electron chi connectivity index (χ2n) is 6.14. The van der Waals surface area contributed by atoms with Crippen LogP contribution in [0, 0.1) is 0 Å². The predicted octanol–water partition coefficient (Wildman–Crippen LogP) is 0.570. The molecule has 2 aliphatic rings. The first-order chi connectivity index (χ1) is 10.4. The first-order valence-electron chi connectivity index (χ1n) is 8.07. The maximum atomic E-state index is 11.9. The Hall–Kier alpha value is -0.920. The molecular weight excluding hydrogens is 302 g/mol. The Morgan fingerprint density at radius 3 is 2.55 bits per heavy atom. The Balaban J connectivity index is 1.61. The van der Waals surface area contributed by atoms with Gasteiger partial charge in [-0.15, -0.1) is 0 Å². The van der Waals surface area contributed by atoms with Gasteiger partial charge in [-0.1, -0.05) is 11.6 Å².